The Morgan fingerprint density at radius 1 is 1.19 bits per heavy atom. The van der Waals surface area contributed by atoms with Crippen LogP contribution in [0, 0.1) is 13.8 Å². The van der Waals surface area contributed by atoms with Crippen molar-refractivity contribution < 1.29 is 4.42 Å². The quantitative estimate of drug-likeness (QED) is 0.780. The van der Waals surface area contributed by atoms with Gasteiger partial charge in [-0.3, -0.25) is 4.98 Å². The third-order valence-corrected chi connectivity index (χ3v) is 3.69. The molecule has 1 aromatic carbocycles. The minimum Gasteiger partial charge on any atom is -0.459 e. The van der Waals surface area contributed by atoms with Gasteiger partial charge in [-0.05, 0) is 49.7 Å². The molecule has 0 saturated heterocycles. The van der Waals surface area contributed by atoms with Gasteiger partial charge in [-0.25, -0.2) is 0 Å². The van der Waals surface area contributed by atoms with Crippen molar-refractivity contribution >= 4 is 11.0 Å². The lowest BCUT2D eigenvalue weighted by Gasteiger charge is -2.15. The van der Waals surface area contributed by atoms with E-state index in [9.17, 15) is 0 Å². The summed E-state index contributed by atoms with van der Waals surface area (Å²) in [5, 5.41) is 4.61. The SMILES string of the molecule is CCNC(c1cc(C)ccn1)c1cc2cccc(C)c2o1. The monoisotopic (exact) mass is 280 g/mol. The first-order valence-corrected chi connectivity index (χ1v) is 7.34. The van der Waals surface area contributed by atoms with Crippen LogP contribution in [0.25, 0.3) is 11.0 Å². The van der Waals surface area contributed by atoms with Crippen molar-refractivity contribution in [3.05, 3.63) is 65.2 Å². The lowest BCUT2D eigenvalue weighted by Crippen LogP contribution is -2.22. The number of aromatic nitrogens is 1. The molecule has 1 N–H and O–H groups in total. The molecule has 0 fully saturated rings. The van der Waals surface area contributed by atoms with E-state index in [0.717, 1.165) is 34.5 Å². The summed E-state index contributed by atoms with van der Waals surface area (Å²) in [6.07, 6.45) is 1.85. The van der Waals surface area contributed by atoms with E-state index in [0.29, 0.717) is 0 Å². The first-order chi connectivity index (χ1) is 10.2. The number of benzene rings is 1. The molecule has 3 rings (SSSR count). The van der Waals surface area contributed by atoms with Gasteiger partial charge in [0.2, 0.25) is 0 Å². The van der Waals surface area contributed by atoms with Crippen molar-refractivity contribution in [1.82, 2.24) is 10.3 Å². The van der Waals surface area contributed by atoms with Crippen LogP contribution in [0.2, 0.25) is 0 Å². The largest absolute Gasteiger partial charge is 0.459 e. The molecule has 0 aliphatic carbocycles. The number of nitrogens with zero attached hydrogens (tertiary/aromatic N) is 1. The highest BCUT2D eigenvalue weighted by molar-refractivity contribution is 5.81. The van der Waals surface area contributed by atoms with Crippen molar-refractivity contribution in [3.8, 4) is 0 Å². The summed E-state index contributed by atoms with van der Waals surface area (Å²) >= 11 is 0. The highest BCUT2D eigenvalue weighted by Crippen LogP contribution is 2.29. The van der Waals surface area contributed by atoms with Gasteiger partial charge in [-0.2, -0.15) is 0 Å². The lowest BCUT2D eigenvalue weighted by molar-refractivity contribution is 0.470. The van der Waals surface area contributed by atoms with E-state index >= 15 is 0 Å². The van der Waals surface area contributed by atoms with E-state index in [1.807, 2.05) is 12.3 Å². The summed E-state index contributed by atoms with van der Waals surface area (Å²) in [6, 6.07) is 12.4. The molecule has 1 unspecified atom stereocenters. The van der Waals surface area contributed by atoms with Gasteiger partial charge in [0, 0.05) is 11.6 Å². The smallest absolute Gasteiger partial charge is 0.137 e. The minimum atomic E-state index is -0.0123. The summed E-state index contributed by atoms with van der Waals surface area (Å²) in [5.74, 6) is 0.916. The third kappa shape index (κ3) is 2.69. The van der Waals surface area contributed by atoms with Gasteiger partial charge in [-0.1, -0.05) is 25.1 Å². The Kier molecular flexibility index (Phi) is 3.76. The fraction of sp³-hybridized carbons (Fsp3) is 0.278. The molecule has 0 saturated carbocycles. The zero-order valence-corrected chi connectivity index (χ0v) is 12.7. The first kappa shape index (κ1) is 13.8. The summed E-state index contributed by atoms with van der Waals surface area (Å²) in [7, 11) is 0. The Balaban J connectivity index is 2.09. The van der Waals surface area contributed by atoms with Crippen molar-refractivity contribution in [3.63, 3.8) is 0 Å². The molecule has 0 radical (unpaired) electrons. The summed E-state index contributed by atoms with van der Waals surface area (Å²) in [6.45, 7) is 7.10. The maximum Gasteiger partial charge on any atom is 0.137 e. The predicted octanol–water partition coefficient (Wildman–Crippen LogP) is 4.14. The molecule has 0 aliphatic rings. The van der Waals surface area contributed by atoms with Crippen LogP contribution in [0.1, 0.15) is 35.5 Å². The molecule has 0 aliphatic heterocycles. The highest BCUT2D eigenvalue weighted by Gasteiger charge is 2.19. The molecule has 108 valence electrons. The molecule has 0 amide bonds. The molecule has 2 heterocycles. The Morgan fingerprint density at radius 2 is 2.05 bits per heavy atom. The van der Waals surface area contributed by atoms with Crippen molar-refractivity contribution in [1.29, 1.82) is 0 Å². The van der Waals surface area contributed by atoms with Crippen LogP contribution >= 0.6 is 0 Å². The summed E-state index contributed by atoms with van der Waals surface area (Å²) in [5.41, 5.74) is 4.32. The number of pyridine rings is 1. The number of para-hydroxylation sites is 1. The third-order valence-electron chi connectivity index (χ3n) is 3.69. The standard InChI is InChI=1S/C18H20N2O/c1-4-19-17(15-10-12(2)8-9-20-15)16-11-14-7-5-6-13(3)18(14)21-16/h5-11,17,19H,4H2,1-3H3. The molecule has 0 bridgehead atoms. The van der Waals surface area contributed by atoms with Crippen LogP contribution in [-0.2, 0) is 0 Å². The van der Waals surface area contributed by atoms with Crippen LogP contribution in [0.3, 0.4) is 0 Å². The normalized spacial score (nSPS) is 12.7. The molecular weight excluding hydrogens is 260 g/mol. The molecular formula is C18H20N2O. The molecule has 21 heavy (non-hydrogen) atoms. The summed E-state index contributed by atoms with van der Waals surface area (Å²) in [4.78, 5) is 4.51. The van der Waals surface area contributed by atoms with Crippen molar-refractivity contribution in [2.24, 2.45) is 0 Å². The number of aryl methyl sites for hydroxylation is 2. The van der Waals surface area contributed by atoms with Gasteiger partial charge < -0.3 is 9.73 Å². The van der Waals surface area contributed by atoms with E-state index in [1.54, 1.807) is 0 Å². The second-order valence-electron chi connectivity index (χ2n) is 5.39. The Hall–Kier alpha value is -2.13. The van der Waals surface area contributed by atoms with Crippen LogP contribution in [0.15, 0.2) is 47.0 Å². The zero-order chi connectivity index (χ0) is 14.8. The Labute approximate surface area is 125 Å². The maximum atomic E-state index is 6.11. The average Bonchev–Trinajstić information content (AvgIpc) is 2.90. The second kappa shape index (κ2) is 5.70. The van der Waals surface area contributed by atoms with Crippen molar-refractivity contribution in [2.75, 3.05) is 6.54 Å². The van der Waals surface area contributed by atoms with Gasteiger partial charge in [0.15, 0.2) is 0 Å². The summed E-state index contributed by atoms with van der Waals surface area (Å²) < 4.78 is 6.11. The molecule has 0 spiro atoms. The molecule has 3 aromatic rings. The number of hydrogen-bond acceptors (Lipinski definition) is 3. The fourth-order valence-electron chi connectivity index (χ4n) is 2.64. The maximum absolute atomic E-state index is 6.11. The van der Waals surface area contributed by atoms with Gasteiger partial charge in [0.05, 0.1) is 5.69 Å². The van der Waals surface area contributed by atoms with E-state index in [-0.39, 0.29) is 6.04 Å². The van der Waals surface area contributed by atoms with Crippen LogP contribution in [0.5, 0.6) is 0 Å². The number of rotatable bonds is 4. The number of furan rings is 1. The van der Waals surface area contributed by atoms with E-state index < -0.39 is 0 Å². The Bertz CT molecular complexity index is 761. The number of hydrogen-bond donors (Lipinski definition) is 1. The second-order valence-corrected chi connectivity index (χ2v) is 5.39. The molecule has 3 heteroatoms. The predicted molar refractivity (Wildman–Crippen MR) is 85.4 cm³/mol. The van der Waals surface area contributed by atoms with Gasteiger partial charge in [-0.15, -0.1) is 0 Å². The zero-order valence-electron chi connectivity index (χ0n) is 12.7. The van der Waals surface area contributed by atoms with Crippen molar-refractivity contribution in [2.45, 2.75) is 26.8 Å². The van der Waals surface area contributed by atoms with Gasteiger partial charge in [0.1, 0.15) is 17.4 Å². The highest BCUT2D eigenvalue weighted by atomic mass is 16.3. The fourth-order valence-corrected chi connectivity index (χ4v) is 2.64. The van der Waals surface area contributed by atoms with E-state index in [2.05, 4.69) is 61.4 Å². The van der Waals surface area contributed by atoms with E-state index in [4.69, 9.17) is 4.42 Å². The van der Waals surface area contributed by atoms with Crippen LogP contribution < -0.4 is 5.32 Å². The molecule has 1 atom stereocenters. The van der Waals surface area contributed by atoms with Crippen LogP contribution in [0.4, 0.5) is 0 Å². The average molecular weight is 280 g/mol. The number of nitrogens with one attached hydrogen (secondary N) is 1. The first-order valence-electron chi connectivity index (χ1n) is 7.34. The van der Waals surface area contributed by atoms with Crippen LogP contribution in [-0.4, -0.2) is 11.5 Å². The number of fused-ring (bicyclic) bond motifs is 1. The molecule has 3 nitrogen and oxygen atoms in total. The van der Waals surface area contributed by atoms with Gasteiger partial charge in [0.25, 0.3) is 0 Å². The Morgan fingerprint density at radius 3 is 2.76 bits per heavy atom. The topological polar surface area (TPSA) is 38.1 Å². The molecule has 2 aromatic heterocycles. The minimum absolute atomic E-state index is 0.0123. The van der Waals surface area contributed by atoms with E-state index in [1.165, 1.54) is 5.56 Å². The lowest BCUT2D eigenvalue weighted by atomic mass is 10.1. The van der Waals surface area contributed by atoms with Gasteiger partial charge >= 0.3 is 0 Å².